The minimum atomic E-state index is -1.27. The predicted molar refractivity (Wildman–Crippen MR) is 128 cm³/mol. The van der Waals surface area contributed by atoms with E-state index < -0.39 is 29.2 Å². The molecule has 2 N–H and O–H groups in total. The Hall–Kier alpha value is -3.87. The summed E-state index contributed by atoms with van der Waals surface area (Å²) in [5.41, 5.74) is -0.805. The molecule has 196 valence electrons. The summed E-state index contributed by atoms with van der Waals surface area (Å²) in [7, 11) is 1.52. The summed E-state index contributed by atoms with van der Waals surface area (Å²) in [6, 6.07) is 2.26. The number of anilines is 1. The van der Waals surface area contributed by atoms with E-state index >= 15 is 0 Å². The number of hydrogen-bond donors (Lipinski definition) is 2. The van der Waals surface area contributed by atoms with Crippen LogP contribution in [0.1, 0.15) is 33.1 Å². The van der Waals surface area contributed by atoms with Gasteiger partial charge in [-0.3, -0.25) is 19.2 Å². The van der Waals surface area contributed by atoms with Gasteiger partial charge in [0.1, 0.15) is 28.7 Å². The number of fused-ring (bicyclic) bond motifs is 1. The highest BCUT2D eigenvalue weighted by molar-refractivity contribution is 6.40. The monoisotopic (exact) mass is 513 g/mol. The van der Waals surface area contributed by atoms with Crippen LogP contribution in [0.5, 0.6) is 0 Å². The summed E-state index contributed by atoms with van der Waals surface area (Å²) in [5, 5.41) is 11.0. The number of methoxy groups -OCH3 is 1. The Morgan fingerprint density at radius 3 is 2.68 bits per heavy atom. The number of nitrogens with zero attached hydrogens (tertiary/aromatic N) is 5. The smallest absolute Gasteiger partial charge is 0.276 e. The number of ether oxygens (including phenoxy) is 1. The molecule has 0 aromatic carbocycles. The second-order valence-corrected chi connectivity index (χ2v) is 9.87. The molecule has 0 saturated heterocycles. The first kappa shape index (κ1) is 24.8. The van der Waals surface area contributed by atoms with Crippen LogP contribution < -0.4 is 10.6 Å². The van der Waals surface area contributed by atoms with Crippen molar-refractivity contribution in [1.82, 2.24) is 25.1 Å². The lowest BCUT2D eigenvalue weighted by Crippen LogP contribution is -2.62. The number of nitrogens with one attached hydrogen (secondary N) is 2. The van der Waals surface area contributed by atoms with E-state index in [4.69, 9.17) is 4.74 Å². The molecule has 4 aliphatic rings. The fraction of sp³-hybridized carbons (Fsp3) is 0.500. The van der Waals surface area contributed by atoms with E-state index in [1.807, 2.05) is 6.92 Å². The summed E-state index contributed by atoms with van der Waals surface area (Å²) in [4.78, 5) is 59.9. The summed E-state index contributed by atoms with van der Waals surface area (Å²) in [6.45, 7) is 3.45. The number of hydrogen-bond acceptors (Lipinski definition) is 8. The molecule has 1 aromatic rings. The van der Waals surface area contributed by atoms with Crippen LogP contribution in [0.2, 0.25) is 0 Å². The number of amides is 4. The highest BCUT2D eigenvalue weighted by Gasteiger charge is 2.58. The van der Waals surface area contributed by atoms with Gasteiger partial charge in [-0.25, -0.2) is 14.4 Å². The van der Waals surface area contributed by atoms with Crippen LogP contribution in [0.3, 0.4) is 0 Å². The molecule has 2 atom stereocenters. The maximum absolute atomic E-state index is 13.6. The molecular formula is C24H28FN7O5. The molecule has 1 aliphatic carbocycles. The molecule has 0 radical (unpaired) electrons. The highest BCUT2D eigenvalue weighted by atomic mass is 19.1. The Kier molecular flexibility index (Phi) is 6.18. The molecule has 1 fully saturated rings. The molecule has 5 rings (SSSR count). The minimum absolute atomic E-state index is 0.0249. The number of pyridine rings is 1. The van der Waals surface area contributed by atoms with Gasteiger partial charge in [-0.1, -0.05) is 0 Å². The first-order chi connectivity index (χ1) is 17.6. The van der Waals surface area contributed by atoms with Crippen LogP contribution in [-0.2, 0) is 23.9 Å². The third-order valence-electron chi connectivity index (χ3n) is 6.97. The maximum atomic E-state index is 13.6. The summed E-state index contributed by atoms with van der Waals surface area (Å²) < 4.78 is 18.4. The Bertz CT molecular complexity index is 1230. The van der Waals surface area contributed by atoms with Gasteiger partial charge in [-0.05, 0) is 38.8 Å². The number of hydrazone groups is 1. The highest BCUT2D eigenvalue weighted by Crippen LogP contribution is 2.43. The number of halogens is 1. The van der Waals surface area contributed by atoms with Gasteiger partial charge >= 0.3 is 0 Å². The third-order valence-corrected chi connectivity index (χ3v) is 6.97. The fourth-order valence-corrected chi connectivity index (χ4v) is 4.86. The lowest BCUT2D eigenvalue weighted by molar-refractivity contribution is -0.146. The average molecular weight is 514 g/mol. The van der Waals surface area contributed by atoms with Crippen molar-refractivity contribution in [1.29, 1.82) is 0 Å². The standard InChI is InChI=1S/C24H28FN7O5/c1-13(12-37-3)30-10-16-20(23(30)36)31(11-19(33)28-18-7-4-14(25)9-26-18)24(2)8-17(29-32(24)22(16)35)21(34)27-15-5-6-15/h4,7,9,13,15H,5-6,8,10-12H2,1-3H3,(H,27,34)(H,26,28,33)/t13-,24?/m0/s1. The predicted octanol–water partition coefficient (Wildman–Crippen LogP) is 0.189. The SMILES string of the molecule is COC[C@H](C)N1CC2=C(C1=O)N(CC(=O)Nc1ccc(F)cn1)C1(C)CC(C(=O)NC3CC3)=NN1C2=O. The zero-order valence-corrected chi connectivity index (χ0v) is 20.8. The van der Waals surface area contributed by atoms with Gasteiger partial charge in [0.15, 0.2) is 0 Å². The molecular weight excluding hydrogens is 485 g/mol. The van der Waals surface area contributed by atoms with E-state index in [0.717, 1.165) is 25.1 Å². The van der Waals surface area contributed by atoms with Gasteiger partial charge in [0.25, 0.3) is 17.7 Å². The Morgan fingerprint density at radius 1 is 1.27 bits per heavy atom. The van der Waals surface area contributed by atoms with Crippen molar-refractivity contribution in [2.45, 2.75) is 50.9 Å². The Labute approximate surface area is 212 Å². The van der Waals surface area contributed by atoms with Gasteiger partial charge in [0.2, 0.25) is 5.91 Å². The molecule has 4 amide bonds. The van der Waals surface area contributed by atoms with Crippen LogP contribution in [0.15, 0.2) is 34.7 Å². The van der Waals surface area contributed by atoms with Crippen LogP contribution in [0.25, 0.3) is 0 Å². The number of aromatic nitrogens is 1. The van der Waals surface area contributed by atoms with E-state index in [1.165, 1.54) is 28.0 Å². The van der Waals surface area contributed by atoms with E-state index in [2.05, 4.69) is 20.7 Å². The fourth-order valence-electron chi connectivity index (χ4n) is 4.86. The Morgan fingerprint density at radius 2 is 2.03 bits per heavy atom. The van der Waals surface area contributed by atoms with Crippen molar-refractivity contribution in [2.24, 2.45) is 5.10 Å². The molecule has 0 spiro atoms. The van der Waals surface area contributed by atoms with Crippen molar-refractivity contribution in [3.05, 3.63) is 35.4 Å². The molecule has 3 aliphatic heterocycles. The molecule has 1 aromatic heterocycles. The quantitative estimate of drug-likeness (QED) is 0.506. The number of carbonyl (C=O) groups excluding carboxylic acids is 4. The molecule has 4 heterocycles. The van der Waals surface area contributed by atoms with Gasteiger partial charge in [-0.2, -0.15) is 5.10 Å². The zero-order chi connectivity index (χ0) is 26.5. The van der Waals surface area contributed by atoms with Gasteiger partial charge < -0.3 is 25.2 Å². The molecule has 37 heavy (non-hydrogen) atoms. The topological polar surface area (TPSA) is 137 Å². The van der Waals surface area contributed by atoms with Crippen LogP contribution in [-0.4, -0.2) is 93.7 Å². The van der Waals surface area contributed by atoms with E-state index in [1.54, 1.807) is 6.92 Å². The van der Waals surface area contributed by atoms with Crippen LogP contribution in [0, 0.1) is 5.82 Å². The summed E-state index contributed by atoms with van der Waals surface area (Å²) in [5.74, 6) is -2.20. The van der Waals surface area contributed by atoms with Crippen molar-refractivity contribution in [3.63, 3.8) is 0 Å². The second kappa shape index (κ2) is 9.21. The lowest BCUT2D eigenvalue weighted by Gasteiger charge is -2.46. The molecule has 1 unspecified atom stereocenters. The largest absolute Gasteiger partial charge is 0.383 e. The lowest BCUT2D eigenvalue weighted by atomic mass is 9.96. The molecule has 13 heteroatoms. The van der Waals surface area contributed by atoms with Gasteiger partial charge in [0.05, 0.1) is 37.5 Å². The second-order valence-electron chi connectivity index (χ2n) is 9.87. The normalized spacial score (nSPS) is 23.7. The molecule has 1 saturated carbocycles. The zero-order valence-electron chi connectivity index (χ0n) is 20.8. The molecule has 0 bridgehead atoms. The van der Waals surface area contributed by atoms with Gasteiger partial charge in [-0.15, -0.1) is 0 Å². The van der Waals surface area contributed by atoms with Crippen molar-refractivity contribution in [2.75, 3.05) is 32.1 Å². The van der Waals surface area contributed by atoms with Crippen LogP contribution >= 0.6 is 0 Å². The van der Waals surface area contributed by atoms with Crippen molar-refractivity contribution in [3.8, 4) is 0 Å². The average Bonchev–Trinajstić information content (AvgIpc) is 3.49. The van der Waals surface area contributed by atoms with E-state index in [9.17, 15) is 23.6 Å². The number of rotatable bonds is 8. The van der Waals surface area contributed by atoms with Gasteiger partial charge in [0, 0.05) is 19.6 Å². The van der Waals surface area contributed by atoms with Crippen molar-refractivity contribution < 1.29 is 28.3 Å². The first-order valence-electron chi connectivity index (χ1n) is 12.1. The molecule has 12 nitrogen and oxygen atoms in total. The van der Waals surface area contributed by atoms with E-state index in [-0.39, 0.29) is 66.9 Å². The first-order valence-corrected chi connectivity index (χ1v) is 12.1. The summed E-state index contributed by atoms with van der Waals surface area (Å²) in [6.07, 6.45) is 2.78. The minimum Gasteiger partial charge on any atom is -0.383 e. The summed E-state index contributed by atoms with van der Waals surface area (Å²) >= 11 is 0. The van der Waals surface area contributed by atoms with Crippen LogP contribution in [0.4, 0.5) is 10.2 Å². The third kappa shape index (κ3) is 4.43. The Balaban J connectivity index is 1.46. The van der Waals surface area contributed by atoms with Crippen molar-refractivity contribution >= 4 is 35.2 Å². The van der Waals surface area contributed by atoms with E-state index in [0.29, 0.717) is 0 Å². The number of carbonyl (C=O) groups is 4. The maximum Gasteiger partial charge on any atom is 0.276 e.